The second kappa shape index (κ2) is 7.71. The van der Waals surface area contributed by atoms with E-state index >= 15 is 0 Å². The second-order valence-corrected chi connectivity index (χ2v) is 10.6. The standard InChI is InChI=1S/C22H35N5O3/c1-20(2,3)15-14-16(27(25-15)21(4,5)6)23-17(28)10-9-13-26-18(29)22(24-19(26)30)11-7-8-12-22/h14H,7-13H2,1-6H3,(H,23,28)(H,24,30). The Morgan fingerprint density at radius 3 is 2.37 bits per heavy atom. The molecule has 8 heteroatoms. The first-order valence-corrected chi connectivity index (χ1v) is 10.9. The Morgan fingerprint density at radius 1 is 1.17 bits per heavy atom. The molecule has 2 heterocycles. The molecule has 2 N–H and O–H groups in total. The lowest BCUT2D eigenvalue weighted by atomic mass is 9.92. The molecule has 1 aromatic heterocycles. The molecular formula is C22H35N5O3. The molecule has 1 aromatic rings. The minimum Gasteiger partial charge on any atom is -0.323 e. The van der Waals surface area contributed by atoms with E-state index in [-0.39, 0.29) is 41.8 Å². The van der Waals surface area contributed by atoms with Gasteiger partial charge in [-0.3, -0.25) is 14.5 Å². The van der Waals surface area contributed by atoms with E-state index in [0.717, 1.165) is 18.5 Å². The van der Waals surface area contributed by atoms with E-state index in [1.807, 2.05) is 31.5 Å². The van der Waals surface area contributed by atoms with Crippen LogP contribution < -0.4 is 10.6 Å². The van der Waals surface area contributed by atoms with E-state index in [4.69, 9.17) is 5.10 Å². The van der Waals surface area contributed by atoms with E-state index in [9.17, 15) is 14.4 Å². The van der Waals surface area contributed by atoms with Gasteiger partial charge in [0.25, 0.3) is 5.91 Å². The van der Waals surface area contributed by atoms with Gasteiger partial charge in [-0.1, -0.05) is 33.6 Å². The molecule has 2 aliphatic rings. The third kappa shape index (κ3) is 4.37. The van der Waals surface area contributed by atoms with Crippen molar-refractivity contribution in [2.75, 3.05) is 11.9 Å². The van der Waals surface area contributed by atoms with Crippen LogP contribution in [-0.4, -0.2) is 44.6 Å². The van der Waals surface area contributed by atoms with Crippen LogP contribution in [0, 0.1) is 0 Å². The number of anilines is 1. The quantitative estimate of drug-likeness (QED) is 0.717. The summed E-state index contributed by atoms with van der Waals surface area (Å²) in [6.07, 6.45) is 3.99. The summed E-state index contributed by atoms with van der Waals surface area (Å²) in [6, 6.07) is 1.59. The molecule has 2 fully saturated rings. The highest BCUT2D eigenvalue weighted by Gasteiger charge is 2.52. The summed E-state index contributed by atoms with van der Waals surface area (Å²) in [4.78, 5) is 38.8. The van der Waals surface area contributed by atoms with Gasteiger partial charge in [0.1, 0.15) is 11.4 Å². The lowest BCUT2D eigenvalue weighted by Gasteiger charge is -2.23. The van der Waals surface area contributed by atoms with E-state index in [2.05, 4.69) is 31.4 Å². The van der Waals surface area contributed by atoms with Gasteiger partial charge in [-0.2, -0.15) is 5.10 Å². The average molecular weight is 418 g/mol. The third-order valence-corrected chi connectivity index (χ3v) is 5.87. The normalized spacial score (nSPS) is 18.9. The van der Waals surface area contributed by atoms with Crippen molar-refractivity contribution in [3.8, 4) is 0 Å². The summed E-state index contributed by atoms with van der Waals surface area (Å²) in [7, 11) is 0. The van der Waals surface area contributed by atoms with Crippen LogP contribution in [0.4, 0.5) is 10.6 Å². The van der Waals surface area contributed by atoms with Crippen molar-refractivity contribution in [2.45, 2.75) is 96.6 Å². The number of hydrogen-bond donors (Lipinski definition) is 2. The Morgan fingerprint density at radius 2 is 1.80 bits per heavy atom. The van der Waals surface area contributed by atoms with Crippen molar-refractivity contribution in [1.82, 2.24) is 20.0 Å². The summed E-state index contributed by atoms with van der Waals surface area (Å²) in [5.41, 5.74) is -0.187. The highest BCUT2D eigenvalue weighted by atomic mass is 16.2. The van der Waals surface area contributed by atoms with Gasteiger partial charge >= 0.3 is 6.03 Å². The Labute approximate surface area is 178 Å². The van der Waals surface area contributed by atoms with Gasteiger partial charge < -0.3 is 10.6 Å². The summed E-state index contributed by atoms with van der Waals surface area (Å²) in [5.74, 6) is 0.381. The number of amides is 4. The Kier molecular flexibility index (Phi) is 5.73. The fraction of sp³-hybridized carbons (Fsp3) is 0.727. The van der Waals surface area contributed by atoms with Crippen LogP contribution in [0.5, 0.6) is 0 Å². The molecule has 1 aliphatic carbocycles. The maximum Gasteiger partial charge on any atom is 0.325 e. The molecule has 30 heavy (non-hydrogen) atoms. The first-order valence-electron chi connectivity index (χ1n) is 10.9. The third-order valence-electron chi connectivity index (χ3n) is 5.87. The van der Waals surface area contributed by atoms with Gasteiger partial charge in [-0.25, -0.2) is 9.48 Å². The number of carbonyl (C=O) groups is 3. The molecule has 1 saturated heterocycles. The van der Waals surface area contributed by atoms with Crippen molar-refractivity contribution in [3.63, 3.8) is 0 Å². The molecular weight excluding hydrogens is 382 g/mol. The van der Waals surface area contributed by atoms with Crippen molar-refractivity contribution < 1.29 is 14.4 Å². The predicted molar refractivity (Wildman–Crippen MR) is 115 cm³/mol. The van der Waals surface area contributed by atoms with Crippen LogP contribution in [0.3, 0.4) is 0 Å². The highest BCUT2D eigenvalue weighted by molar-refractivity contribution is 6.07. The van der Waals surface area contributed by atoms with Crippen LogP contribution in [0.25, 0.3) is 0 Å². The van der Waals surface area contributed by atoms with Crippen LogP contribution in [0.15, 0.2) is 6.07 Å². The zero-order valence-electron chi connectivity index (χ0n) is 19.1. The first kappa shape index (κ1) is 22.3. The van der Waals surface area contributed by atoms with Gasteiger partial charge in [0.05, 0.1) is 11.2 Å². The van der Waals surface area contributed by atoms with Crippen LogP contribution in [-0.2, 0) is 20.5 Å². The monoisotopic (exact) mass is 417 g/mol. The Balaban J connectivity index is 1.60. The Bertz CT molecular complexity index is 838. The Hall–Kier alpha value is -2.38. The molecule has 0 unspecified atom stereocenters. The molecule has 3 rings (SSSR count). The summed E-state index contributed by atoms with van der Waals surface area (Å²) in [6.45, 7) is 12.6. The molecule has 0 atom stereocenters. The lowest BCUT2D eigenvalue weighted by Crippen LogP contribution is -2.44. The second-order valence-electron chi connectivity index (χ2n) is 10.6. The van der Waals surface area contributed by atoms with Crippen LogP contribution >= 0.6 is 0 Å². The molecule has 1 saturated carbocycles. The maximum atomic E-state index is 12.7. The number of carbonyl (C=O) groups excluding carboxylic acids is 3. The molecule has 0 bridgehead atoms. The summed E-state index contributed by atoms with van der Waals surface area (Å²) in [5, 5.41) is 10.5. The van der Waals surface area contributed by atoms with Gasteiger partial charge in [0.2, 0.25) is 5.91 Å². The fourth-order valence-electron chi connectivity index (χ4n) is 4.15. The molecule has 0 radical (unpaired) electrons. The van der Waals surface area contributed by atoms with E-state index < -0.39 is 5.54 Å². The highest BCUT2D eigenvalue weighted by Crippen LogP contribution is 2.35. The average Bonchev–Trinajstić information content (AvgIpc) is 3.29. The minimum atomic E-state index is -0.693. The zero-order valence-corrected chi connectivity index (χ0v) is 19.1. The smallest absolute Gasteiger partial charge is 0.323 e. The van der Waals surface area contributed by atoms with Crippen molar-refractivity contribution in [3.05, 3.63) is 11.8 Å². The number of rotatable bonds is 5. The summed E-state index contributed by atoms with van der Waals surface area (Å²) < 4.78 is 1.84. The van der Waals surface area contributed by atoms with Gasteiger partial charge in [0, 0.05) is 24.4 Å². The SMILES string of the molecule is CC(C)(C)c1cc(NC(=O)CCCN2C(=O)NC3(CCCC3)C2=O)n(C(C)(C)C)n1. The van der Waals surface area contributed by atoms with Gasteiger partial charge in [-0.05, 0) is 40.0 Å². The minimum absolute atomic E-state index is 0.129. The molecule has 1 aliphatic heterocycles. The van der Waals surface area contributed by atoms with Gasteiger partial charge in [0.15, 0.2) is 0 Å². The van der Waals surface area contributed by atoms with E-state index in [0.29, 0.717) is 25.1 Å². The first-order chi connectivity index (χ1) is 13.8. The number of hydrogen-bond acceptors (Lipinski definition) is 4. The maximum absolute atomic E-state index is 12.7. The summed E-state index contributed by atoms with van der Waals surface area (Å²) >= 11 is 0. The van der Waals surface area contributed by atoms with Gasteiger partial charge in [-0.15, -0.1) is 0 Å². The van der Waals surface area contributed by atoms with Crippen LogP contribution in [0.1, 0.15) is 85.8 Å². The number of nitrogens with one attached hydrogen (secondary N) is 2. The van der Waals surface area contributed by atoms with Crippen molar-refractivity contribution in [2.24, 2.45) is 0 Å². The zero-order chi connectivity index (χ0) is 22.3. The van der Waals surface area contributed by atoms with Crippen LogP contribution in [0.2, 0.25) is 0 Å². The number of imide groups is 1. The molecule has 1 spiro atoms. The van der Waals surface area contributed by atoms with E-state index in [1.54, 1.807) is 0 Å². The lowest BCUT2D eigenvalue weighted by molar-refractivity contribution is -0.131. The van der Waals surface area contributed by atoms with E-state index in [1.165, 1.54) is 4.90 Å². The molecule has 4 amide bonds. The van der Waals surface area contributed by atoms with Crippen molar-refractivity contribution >= 4 is 23.7 Å². The topological polar surface area (TPSA) is 96.3 Å². The molecule has 8 nitrogen and oxygen atoms in total. The predicted octanol–water partition coefficient (Wildman–Crippen LogP) is 3.52. The number of urea groups is 1. The number of aromatic nitrogens is 2. The molecule has 166 valence electrons. The molecule has 0 aromatic carbocycles. The van der Waals surface area contributed by atoms with Crippen molar-refractivity contribution in [1.29, 1.82) is 0 Å². The largest absolute Gasteiger partial charge is 0.325 e. The number of nitrogens with zero attached hydrogens (tertiary/aromatic N) is 3. The fourth-order valence-corrected chi connectivity index (χ4v) is 4.15.